The first-order valence-electron chi connectivity index (χ1n) is 11.2. The van der Waals surface area contributed by atoms with Crippen LogP contribution in [0.15, 0.2) is 48.8 Å². The maximum Gasteiger partial charge on any atom is 0.225 e. The highest BCUT2D eigenvalue weighted by Gasteiger charge is 2.47. The molecule has 166 valence electrons. The van der Waals surface area contributed by atoms with Gasteiger partial charge >= 0.3 is 0 Å². The van der Waals surface area contributed by atoms with Gasteiger partial charge in [0, 0.05) is 36.6 Å². The summed E-state index contributed by atoms with van der Waals surface area (Å²) in [6.45, 7) is 4.48. The molecule has 3 aromatic heterocycles. The van der Waals surface area contributed by atoms with E-state index >= 15 is 0 Å². The zero-order valence-electron chi connectivity index (χ0n) is 18.0. The second-order valence-corrected chi connectivity index (χ2v) is 8.58. The first-order valence-corrected chi connectivity index (χ1v) is 11.2. The van der Waals surface area contributed by atoms with Gasteiger partial charge in [-0.05, 0) is 18.2 Å². The maximum atomic E-state index is 6.06. The molecular formula is C24H22N6O3. The van der Waals surface area contributed by atoms with Crippen molar-refractivity contribution in [1.29, 1.82) is 0 Å². The van der Waals surface area contributed by atoms with Crippen LogP contribution >= 0.6 is 0 Å². The first kappa shape index (κ1) is 19.0. The second-order valence-electron chi connectivity index (χ2n) is 8.58. The Kier molecular flexibility index (Phi) is 4.15. The fourth-order valence-electron chi connectivity index (χ4n) is 5.02. The third kappa shape index (κ3) is 2.86. The Labute approximate surface area is 190 Å². The minimum atomic E-state index is -0.471. The molecule has 0 radical (unpaired) electrons. The number of hydrogen-bond donors (Lipinski definition) is 0. The number of benzene rings is 1. The number of nitrogens with zero attached hydrogens (tertiary/aromatic N) is 6. The van der Waals surface area contributed by atoms with E-state index in [1.807, 2.05) is 42.7 Å². The van der Waals surface area contributed by atoms with E-state index in [-0.39, 0.29) is 0 Å². The topological polar surface area (TPSA) is 87.4 Å². The second kappa shape index (κ2) is 7.23. The van der Waals surface area contributed by atoms with Crippen LogP contribution in [0.3, 0.4) is 0 Å². The van der Waals surface area contributed by atoms with Crippen LogP contribution in [0.1, 0.15) is 11.4 Å². The molecule has 3 aliphatic heterocycles. The molecule has 3 aliphatic rings. The molecular weight excluding hydrogens is 420 g/mol. The molecule has 0 aliphatic carbocycles. The molecule has 0 amide bonds. The van der Waals surface area contributed by atoms with Crippen molar-refractivity contribution in [2.45, 2.75) is 12.1 Å². The van der Waals surface area contributed by atoms with Crippen LogP contribution < -0.4 is 9.64 Å². The molecule has 4 aromatic rings. The molecule has 1 unspecified atom stereocenters. The smallest absolute Gasteiger partial charge is 0.225 e. The average Bonchev–Trinajstić information content (AvgIpc) is 3.44. The Balaban J connectivity index is 1.32. The highest BCUT2D eigenvalue weighted by Crippen LogP contribution is 2.44. The molecule has 6 heterocycles. The molecule has 7 rings (SSSR count). The van der Waals surface area contributed by atoms with E-state index in [9.17, 15) is 0 Å². The van der Waals surface area contributed by atoms with E-state index in [1.54, 1.807) is 0 Å². The summed E-state index contributed by atoms with van der Waals surface area (Å²) >= 11 is 0. The number of morpholine rings is 1. The summed E-state index contributed by atoms with van der Waals surface area (Å²) in [4.78, 5) is 21.2. The van der Waals surface area contributed by atoms with E-state index < -0.39 is 5.54 Å². The lowest BCUT2D eigenvalue weighted by Gasteiger charge is -2.34. The molecule has 1 aromatic carbocycles. The van der Waals surface area contributed by atoms with Crippen molar-refractivity contribution in [3.8, 4) is 17.0 Å². The van der Waals surface area contributed by atoms with Crippen molar-refractivity contribution < 1.29 is 14.2 Å². The Morgan fingerprint density at radius 1 is 0.879 bits per heavy atom. The van der Waals surface area contributed by atoms with E-state index in [1.165, 1.54) is 0 Å². The van der Waals surface area contributed by atoms with Gasteiger partial charge in [-0.25, -0.2) is 19.9 Å². The van der Waals surface area contributed by atoms with Gasteiger partial charge < -0.3 is 19.1 Å². The van der Waals surface area contributed by atoms with E-state index in [0.29, 0.717) is 33.0 Å². The van der Waals surface area contributed by atoms with Crippen molar-refractivity contribution in [3.05, 3.63) is 60.2 Å². The normalized spacial score (nSPS) is 21.8. The number of rotatable bonds is 2. The Morgan fingerprint density at radius 2 is 1.73 bits per heavy atom. The van der Waals surface area contributed by atoms with E-state index in [2.05, 4.69) is 25.5 Å². The number of ether oxygens (including phenoxy) is 3. The quantitative estimate of drug-likeness (QED) is 0.468. The zero-order valence-corrected chi connectivity index (χ0v) is 18.0. The number of fused-ring (bicyclic) bond motifs is 6. The van der Waals surface area contributed by atoms with Gasteiger partial charge in [0.15, 0.2) is 5.65 Å². The first-order chi connectivity index (χ1) is 16.3. The van der Waals surface area contributed by atoms with Crippen molar-refractivity contribution in [3.63, 3.8) is 0 Å². The predicted octanol–water partition coefficient (Wildman–Crippen LogP) is 2.39. The van der Waals surface area contributed by atoms with Crippen LogP contribution in [0.25, 0.3) is 22.4 Å². The van der Waals surface area contributed by atoms with Crippen LogP contribution in [-0.4, -0.2) is 64.0 Å². The molecule has 0 saturated carbocycles. The molecule has 9 nitrogen and oxygen atoms in total. The number of anilines is 1. The van der Waals surface area contributed by atoms with Crippen LogP contribution in [0.2, 0.25) is 0 Å². The summed E-state index contributed by atoms with van der Waals surface area (Å²) < 4.78 is 19.7. The predicted molar refractivity (Wildman–Crippen MR) is 120 cm³/mol. The Hall–Kier alpha value is -3.56. The third-order valence-electron chi connectivity index (χ3n) is 6.66. The molecule has 1 fully saturated rings. The molecule has 1 spiro atoms. The monoisotopic (exact) mass is 442 g/mol. The van der Waals surface area contributed by atoms with Crippen molar-refractivity contribution in [1.82, 2.24) is 24.5 Å². The highest BCUT2D eigenvalue weighted by atomic mass is 16.5. The summed E-state index contributed by atoms with van der Waals surface area (Å²) in [7, 11) is 0. The summed E-state index contributed by atoms with van der Waals surface area (Å²) in [5.41, 5.74) is 3.98. The molecule has 0 N–H and O–H groups in total. The number of aromatic nitrogens is 5. The Morgan fingerprint density at radius 3 is 2.61 bits per heavy atom. The maximum absolute atomic E-state index is 6.06. The molecule has 1 saturated heterocycles. The standard InChI is InChI=1S/C24H22N6O3/c1-2-4-20-17(3-1)24(15-33-20)14-32-13-21-27-19-6-5-18(28-22(19)30(21)24)16-11-25-23(26-12-16)29-7-9-31-10-8-29/h1-6,11-12H,7-10,13-15H2. The van der Waals surface area contributed by atoms with Crippen LogP contribution in [0, 0.1) is 0 Å². The highest BCUT2D eigenvalue weighted by molar-refractivity contribution is 5.77. The van der Waals surface area contributed by atoms with Crippen LogP contribution in [0.4, 0.5) is 5.95 Å². The average molecular weight is 442 g/mol. The van der Waals surface area contributed by atoms with Crippen molar-refractivity contribution in [2.24, 2.45) is 0 Å². The fourth-order valence-corrected chi connectivity index (χ4v) is 5.02. The van der Waals surface area contributed by atoms with Gasteiger partial charge in [-0.2, -0.15) is 0 Å². The Bertz CT molecular complexity index is 1350. The van der Waals surface area contributed by atoms with Crippen molar-refractivity contribution in [2.75, 3.05) is 44.4 Å². The van der Waals surface area contributed by atoms with Gasteiger partial charge in [0.05, 0.1) is 25.5 Å². The van der Waals surface area contributed by atoms with Crippen molar-refractivity contribution >= 4 is 17.1 Å². The van der Waals surface area contributed by atoms with Gasteiger partial charge in [-0.15, -0.1) is 0 Å². The summed E-state index contributed by atoms with van der Waals surface area (Å²) in [6.07, 6.45) is 3.68. The third-order valence-corrected chi connectivity index (χ3v) is 6.66. The fraction of sp³-hybridized carbons (Fsp3) is 0.333. The minimum Gasteiger partial charge on any atom is -0.490 e. The van der Waals surface area contributed by atoms with E-state index in [0.717, 1.165) is 58.6 Å². The number of pyridine rings is 1. The lowest BCUT2D eigenvalue weighted by molar-refractivity contribution is 0.0134. The molecule has 9 heteroatoms. The number of imidazole rings is 1. The minimum absolute atomic E-state index is 0.451. The van der Waals surface area contributed by atoms with Gasteiger partial charge in [0.1, 0.15) is 35.8 Å². The molecule has 1 atom stereocenters. The molecule has 33 heavy (non-hydrogen) atoms. The SMILES string of the molecule is c1ccc2c(c1)OCC21COCc2nc3ccc(-c4cnc(N5CCOCC5)nc4)nc3n21. The number of hydrogen-bond acceptors (Lipinski definition) is 8. The number of para-hydroxylation sites is 1. The zero-order chi connectivity index (χ0) is 21.8. The lowest BCUT2D eigenvalue weighted by atomic mass is 9.91. The largest absolute Gasteiger partial charge is 0.490 e. The lowest BCUT2D eigenvalue weighted by Crippen LogP contribution is -2.45. The van der Waals surface area contributed by atoms with Crippen LogP contribution in [-0.2, 0) is 21.6 Å². The van der Waals surface area contributed by atoms with Gasteiger partial charge in [-0.1, -0.05) is 18.2 Å². The summed E-state index contributed by atoms with van der Waals surface area (Å²) in [5.74, 6) is 2.47. The van der Waals surface area contributed by atoms with E-state index in [4.69, 9.17) is 24.2 Å². The van der Waals surface area contributed by atoms with Gasteiger partial charge in [-0.3, -0.25) is 4.57 Å². The van der Waals surface area contributed by atoms with Gasteiger partial charge in [0.2, 0.25) is 5.95 Å². The molecule has 0 bridgehead atoms. The van der Waals surface area contributed by atoms with Gasteiger partial charge in [0.25, 0.3) is 0 Å². The van der Waals surface area contributed by atoms with Crippen LogP contribution in [0.5, 0.6) is 5.75 Å². The summed E-state index contributed by atoms with van der Waals surface area (Å²) in [5, 5.41) is 0. The summed E-state index contributed by atoms with van der Waals surface area (Å²) in [6, 6.07) is 12.1.